The number of anilines is 3. The van der Waals surface area contributed by atoms with E-state index in [9.17, 15) is 0 Å². The zero-order valence-corrected chi connectivity index (χ0v) is 15.9. The van der Waals surface area contributed by atoms with Crippen LogP contribution in [0.4, 0.5) is 16.9 Å². The summed E-state index contributed by atoms with van der Waals surface area (Å²) in [6.45, 7) is 2.09. The number of rotatable bonds is 5. The predicted molar refractivity (Wildman–Crippen MR) is 105 cm³/mol. The fraction of sp³-hybridized carbons (Fsp3) is 0.444. The lowest BCUT2D eigenvalue weighted by Crippen LogP contribution is -2.34. The van der Waals surface area contributed by atoms with Crippen LogP contribution in [0.25, 0.3) is 11.3 Å². The SMILES string of the molecule is COc1ccnc(Nc2nc3c(s2)CCN(CC2CCC2)c2[nH]ncc2-3)n1. The van der Waals surface area contributed by atoms with Gasteiger partial charge in [0.05, 0.1) is 24.6 Å². The fourth-order valence-corrected chi connectivity index (χ4v) is 4.57. The lowest BCUT2D eigenvalue weighted by Gasteiger charge is -2.32. The molecule has 140 valence electrons. The highest BCUT2D eigenvalue weighted by atomic mass is 32.1. The summed E-state index contributed by atoms with van der Waals surface area (Å²) in [7, 11) is 1.59. The van der Waals surface area contributed by atoms with Crippen LogP contribution < -0.4 is 15.0 Å². The number of aromatic amines is 1. The molecule has 2 N–H and O–H groups in total. The number of ether oxygens (including phenoxy) is 1. The Morgan fingerprint density at radius 1 is 1.37 bits per heavy atom. The van der Waals surface area contributed by atoms with E-state index >= 15 is 0 Å². The minimum absolute atomic E-state index is 0.484. The molecule has 0 spiro atoms. The largest absolute Gasteiger partial charge is 0.481 e. The van der Waals surface area contributed by atoms with Crippen LogP contribution in [0.2, 0.25) is 0 Å². The fourth-order valence-electron chi connectivity index (χ4n) is 3.61. The number of nitrogens with one attached hydrogen (secondary N) is 2. The molecule has 0 saturated heterocycles. The summed E-state index contributed by atoms with van der Waals surface area (Å²) < 4.78 is 5.16. The summed E-state index contributed by atoms with van der Waals surface area (Å²) in [5, 5.41) is 11.5. The number of thiazole rings is 1. The first-order valence-corrected chi connectivity index (χ1v) is 10.0. The lowest BCUT2D eigenvalue weighted by molar-refractivity contribution is 0.317. The molecular weight excluding hydrogens is 362 g/mol. The number of methoxy groups -OCH3 is 1. The molecule has 0 radical (unpaired) electrons. The maximum absolute atomic E-state index is 5.16. The molecule has 1 saturated carbocycles. The molecular formula is C18H21N7OS. The van der Waals surface area contributed by atoms with Crippen molar-refractivity contribution in [1.29, 1.82) is 0 Å². The standard InChI is InChI=1S/C18H21N7OS/c1-26-14-5-7-19-17(21-14)23-18-22-15-12-9-20-24-16(12)25(8-6-13(15)27-18)10-11-3-2-4-11/h5,7,9,11H,2-4,6,8,10H2,1H3,(H,20,24)(H,19,21,22,23). The van der Waals surface area contributed by atoms with Gasteiger partial charge in [-0.1, -0.05) is 6.42 Å². The quantitative estimate of drug-likeness (QED) is 0.699. The molecule has 0 unspecified atom stereocenters. The molecule has 5 rings (SSSR count). The second-order valence-corrected chi connectivity index (χ2v) is 8.05. The van der Waals surface area contributed by atoms with E-state index in [-0.39, 0.29) is 0 Å². The van der Waals surface area contributed by atoms with Gasteiger partial charge < -0.3 is 9.64 Å². The zero-order valence-electron chi connectivity index (χ0n) is 15.1. The van der Waals surface area contributed by atoms with Gasteiger partial charge in [-0.05, 0) is 18.8 Å². The van der Waals surface area contributed by atoms with Gasteiger partial charge in [0.25, 0.3) is 0 Å². The smallest absolute Gasteiger partial charge is 0.232 e. The topological polar surface area (TPSA) is 91.8 Å². The normalized spacial score (nSPS) is 16.3. The summed E-state index contributed by atoms with van der Waals surface area (Å²) in [6, 6.07) is 1.72. The highest BCUT2D eigenvalue weighted by Gasteiger charge is 2.28. The first-order chi connectivity index (χ1) is 13.3. The molecule has 8 nitrogen and oxygen atoms in total. The average Bonchev–Trinajstić information content (AvgIpc) is 3.25. The molecule has 0 aromatic carbocycles. The third-order valence-corrected chi connectivity index (χ3v) is 6.29. The highest BCUT2D eigenvalue weighted by Crippen LogP contribution is 2.40. The van der Waals surface area contributed by atoms with Gasteiger partial charge in [-0.2, -0.15) is 10.1 Å². The van der Waals surface area contributed by atoms with E-state index < -0.39 is 0 Å². The number of fused-ring (bicyclic) bond motifs is 3. The Morgan fingerprint density at radius 3 is 3.11 bits per heavy atom. The molecule has 1 aliphatic carbocycles. The summed E-state index contributed by atoms with van der Waals surface area (Å²) in [6.07, 6.45) is 8.58. The molecule has 3 aromatic heterocycles. The minimum atomic E-state index is 0.484. The van der Waals surface area contributed by atoms with Crippen molar-refractivity contribution in [1.82, 2.24) is 25.1 Å². The minimum Gasteiger partial charge on any atom is -0.481 e. The molecule has 2 aliphatic rings. The van der Waals surface area contributed by atoms with E-state index in [2.05, 4.69) is 30.4 Å². The first kappa shape index (κ1) is 16.5. The maximum Gasteiger partial charge on any atom is 0.232 e. The Hall–Kier alpha value is -2.68. The van der Waals surface area contributed by atoms with Gasteiger partial charge >= 0.3 is 0 Å². The van der Waals surface area contributed by atoms with Gasteiger partial charge in [0, 0.05) is 36.7 Å². The molecule has 3 aromatic rings. The van der Waals surface area contributed by atoms with E-state index in [0.717, 1.165) is 47.6 Å². The molecule has 1 fully saturated rings. The monoisotopic (exact) mass is 383 g/mol. The summed E-state index contributed by atoms with van der Waals surface area (Å²) >= 11 is 1.65. The van der Waals surface area contributed by atoms with E-state index in [4.69, 9.17) is 9.72 Å². The van der Waals surface area contributed by atoms with Gasteiger partial charge in [0.2, 0.25) is 11.8 Å². The third-order valence-electron chi connectivity index (χ3n) is 5.26. The van der Waals surface area contributed by atoms with Crippen molar-refractivity contribution in [3.05, 3.63) is 23.3 Å². The van der Waals surface area contributed by atoms with Crippen molar-refractivity contribution in [3.8, 4) is 17.1 Å². The second kappa shape index (κ2) is 6.80. The van der Waals surface area contributed by atoms with E-state index in [1.807, 2.05) is 6.20 Å². The van der Waals surface area contributed by atoms with Gasteiger partial charge in [-0.25, -0.2) is 9.97 Å². The van der Waals surface area contributed by atoms with Crippen LogP contribution in [-0.2, 0) is 6.42 Å². The Morgan fingerprint density at radius 2 is 2.30 bits per heavy atom. The van der Waals surface area contributed by atoms with Crippen LogP contribution in [0.15, 0.2) is 18.5 Å². The maximum atomic E-state index is 5.16. The van der Waals surface area contributed by atoms with Gasteiger partial charge in [0.1, 0.15) is 5.82 Å². The van der Waals surface area contributed by atoms with E-state index in [1.165, 1.54) is 24.1 Å². The molecule has 0 atom stereocenters. The lowest BCUT2D eigenvalue weighted by atomic mass is 9.85. The van der Waals surface area contributed by atoms with Crippen molar-refractivity contribution < 1.29 is 4.74 Å². The number of nitrogens with zero attached hydrogens (tertiary/aromatic N) is 5. The predicted octanol–water partition coefficient (Wildman–Crippen LogP) is 3.24. The Bertz CT molecular complexity index is 949. The zero-order chi connectivity index (χ0) is 18.2. The van der Waals surface area contributed by atoms with Crippen molar-refractivity contribution in [3.63, 3.8) is 0 Å². The molecule has 4 heterocycles. The number of H-pyrrole nitrogens is 1. The summed E-state index contributed by atoms with van der Waals surface area (Å²) in [5.74, 6) is 2.91. The highest BCUT2D eigenvalue weighted by molar-refractivity contribution is 7.16. The van der Waals surface area contributed by atoms with Crippen LogP contribution in [0.1, 0.15) is 24.1 Å². The van der Waals surface area contributed by atoms with Gasteiger partial charge in [0.15, 0.2) is 5.13 Å². The van der Waals surface area contributed by atoms with Crippen molar-refractivity contribution in [2.24, 2.45) is 5.92 Å². The van der Waals surface area contributed by atoms with E-state index in [1.54, 1.807) is 30.7 Å². The van der Waals surface area contributed by atoms with Crippen LogP contribution in [0.3, 0.4) is 0 Å². The van der Waals surface area contributed by atoms with Crippen molar-refractivity contribution in [2.75, 3.05) is 30.4 Å². The average molecular weight is 383 g/mol. The van der Waals surface area contributed by atoms with Crippen LogP contribution in [-0.4, -0.2) is 45.3 Å². The molecule has 0 bridgehead atoms. The molecule has 9 heteroatoms. The van der Waals surface area contributed by atoms with Crippen LogP contribution in [0, 0.1) is 5.92 Å². The van der Waals surface area contributed by atoms with E-state index in [0.29, 0.717) is 11.8 Å². The molecule has 27 heavy (non-hydrogen) atoms. The number of hydrogen-bond donors (Lipinski definition) is 2. The number of aromatic nitrogens is 5. The number of hydrogen-bond acceptors (Lipinski definition) is 8. The Balaban J connectivity index is 1.42. The van der Waals surface area contributed by atoms with Crippen molar-refractivity contribution in [2.45, 2.75) is 25.7 Å². The first-order valence-electron chi connectivity index (χ1n) is 9.22. The second-order valence-electron chi connectivity index (χ2n) is 6.96. The van der Waals surface area contributed by atoms with Crippen molar-refractivity contribution >= 4 is 28.2 Å². The van der Waals surface area contributed by atoms with Gasteiger partial charge in [-0.3, -0.25) is 10.4 Å². The Kier molecular flexibility index (Phi) is 4.16. The third kappa shape index (κ3) is 3.12. The van der Waals surface area contributed by atoms with Crippen LogP contribution in [0.5, 0.6) is 5.88 Å². The van der Waals surface area contributed by atoms with Gasteiger partial charge in [-0.15, -0.1) is 11.3 Å². The molecule has 1 aliphatic heterocycles. The molecule has 0 amide bonds. The summed E-state index contributed by atoms with van der Waals surface area (Å²) in [5.41, 5.74) is 2.09. The Labute approximate surface area is 161 Å². The van der Waals surface area contributed by atoms with Crippen LogP contribution >= 0.6 is 11.3 Å². The summed E-state index contributed by atoms with van der Waals surface area (Å²) in [4.78, 5) is 17.1.